The summed E-state index contributed by atoms with van der Waals surface area (Å²) in [5, 5.41) is 12.7. The first-order chi connectivity index (χ1) is 53.4. The maximum Gasteiger partial charge on any atom is 0.410 e. The van der Waals surface area contributed by atoms with Crippen LogP contribution < -0.4 is 33.7 Å². The van der Waals surface area contributed by atoms with Gasteiger partial charge in [0.15, 0.2) is 22.4 Å². The fraction of sp³-hybridized carbons (Fsp3) is 0.451. The lowest BCUT2D eigenvalue weighted by atomic mass is 9.91. The van der Waals surface area contributed by atoms with Crippen LogP contribution in [-0.2, 0) is 50.5 Å². The molecule has 0 radical (unpaired) electrons. The number of imidazole rings is 1. The number of H-pyrrole nitrogens is 1. The molecule has 5 aromatic heterocycles. The van der Waals surface area contributed by atoms with E-state index in [1.165, 1.54) is 12.0 Å². The van der Waals surface area contributed by atoms with Gasteiger partial charge < -0.3 is 67.6 Å². The molecule has 8 unspecified atom stereocenters. The number of aromatic amines is 1. The summed E-state index contributed by atoms with van der Waals surface area (Å²) >= 11 is 6.06. The first kappa shape index (κ1) is 78.5. The molecule has 580 valence electrons. The van der Waals surface area contributed by atoms with E-state index in [9.17, 15) is 22.8 Å². The highest BCUT2D eigenvalue weighted by atomic mass is 35.5. The van der Waals surface area contributed by atoms with Crippen molar-refractivity contribution in [3.05, 3.63) is 217 Å². The normalized spacial score (nSPS) is 24.0. The van der Waals surface area contributed by atoms with Crippen molar-refractivity contribution < 1.29 is 54.7 Å². The molecule has 28 heteroatoms. The SMILES string of the molecule is O=C(OCc1ccccc1)N1C2CCC1CC(CNc1nccnc1Cl)C2.O=C(OCc1ccccc1)N1C2CCC1CC(CNc1ncnc3nc[nH]c13)C2.O=C(OCc1ccccc1)N1C2CCC1CC(C[NH2+]c1ccncc1)C2.O=S(=O)(CCc1ccccc1)N1C2CCC1CC(CNc1ncccn1)C2.[Cl-]. The van der Waals surface area contributed by atoms with Gasteiger partial charge in [-0.15, -0.1) is 0 Å². The standard InChI is InChI=1S/C21H24N6O2.C21H25N3O2.C20H23ClN4O2.C20H26N4O2S.ClH/c28-21(29-11-14-4-2-1-3-5-14)27-16-6-7-17(27)9-15(8-16)10-22-19-18-20(24-12-23-18)26-13-25-19;25-21(26-15-16-4-2-1-3-5-16)24-19-6-7-20(24)13-17(12-19)14-23-18-8-10-22-11-9-18;21-18-19(23-9-8-22-18)24-12-15-10-16-6-7-17(11-15)25(16)20(26)27-13-14-4-2-1-3-5-14;25-27(26,12-9-16-5-2-1-3-6-16)24-18-7-8-19(24)14-17(13-18)15-23-20-21-10-4-11-22-20;/h1-5,12-13,15-17H,6-11H2,(H2,22,23,24,25,26);1-5,8-11,17,19-20H,6-7,12-15H2,(H,22,23);1-5,8-9,15-17H,6-7,10-13H2,(H,23,24);1-6,10-11,17-19H,7-9,12-15H2,(H,21,22,23);1H. The predicted octanol–water partition coefficient (Wildman–Crippen LogP) is 10.0. The number of anilines is 3. The van der Waals surface area contributed by atoms with Crippen molar-refractivity contribution in [1.29, 1.82) is 0 Å². The van der Waals surface area contributed by atoms with E-state index < -0.39 is 10.0 Å². The number of nitrogens with two attached hydrogens (primary N) is 1. The summed E-state index contributed by atoms with van der Waals surface area (Å²) in [6.45, 7) is 4.50. The van der Waals surface area contributed by atoms with Gasteiger partial charge in [0.2, 0.25) is 16.0 Å². The summed E-state index contributed by atoms with van der Waals surface area (Å²) in [6.07, 6.45) is 29.9. The van der Waals surface area contributed by atoms with Crippen LogP contribution in [0.5, 0.6) is 0 Å². The smallest absolute Gasteiger partial charge is 0.410 e. The number of amides is 3. The lowest BCUT2D eigenvalue weighted by Gasteiger charge is -2.38. The van der Waals surface area contributed by atoms with Crippen LogP contribution in [0.1, 0.15) is 125 Å². The van der Waals surface area contributed by atoms with Crippen LogP contribution in [0.4, 0.5) is 37.7 Å². The number of nitrogens with zero attached hydrogens (tertiary/aromatic N) is 12. The molecule has 17 rings (SSSR count). The number of quaternary nitrogens is 1. The molecular formula is C82H99Cl2N17O8S. The number of carbonyl (C=O) groups excluding carboxylic acids is 3. The van der Waals surface area contributed by atoms with Gasteiger partial charge in [0.05, 0.1) is 18.6 Å². The molecule has 8 fully saturated rings. The Hall–Kier alpha value is -9.60. The van der Waals surface area contributed by atoms with E-state index in [2.05, 4.69) is 66.1 Å². The maximum absolute atomic E-state index is 13.0. The molecule has 8 aliphatic heterocycles. The van der Waals surface area contributed by atoms with Gasteiger partial charge in [-0.25, -0.2) is 57.7 Å². The molecule has 9 aromatic rings. The lowest BCUT2D eigenvalue weighted by molar-refractivity contribution is -0.579. The number of nitrogens with one attached hydrogen (secondary N) is 4. The number of fused-ring (bicyclic) bond motifs is 9. The number of hydrogen-bond donors (Lipinski definition) is 5. The van der Waals surface area contributed by atoms with Crippen molar-refractivity contribution in [3.8, 4) is 0 Å². The molecule has 0 spiro atoms. The average molecular weight is 1550 g/mol. The summed E-state index contributed by atoms with van der Waals surface area (Å²) in [5.41, 5.74) is 6.87. The van der Waals surface area contributed by atoms with Gasteiger partial charge in [0.1, 0.15) is 37.4 Å². The molecule has 3 amide bonds. The molecular weight excluding hydrogens is 1450 g/mol. The Kier molecular flexibility index (Phi) is 27.4. The second-order valence-corrected chi connectivity index (χ2v) is 32.4. The van der Waals surface area contributed by atoms with E-state index >= 15 is 0 Å². The number of pyridine rings is 1. The summed E-state index contributed by atoms with van der Waals surface area (Å²) in [4.78, 5) is 80.3. The number of halogens is 2. The molecule has 110 heavy (non-hydrogen) atoms. The fourth-order valence-corrected chi connectivity index (χ4v) is 20.0. The van der Waals surface area contributed by atoms with Crippen molar-refractivity contribution in [2.75, 3.05) is 47.9 Å². The van der Waals surface area contributed by atoms with Crippen molar-refractivity contribution in [2.45, 2.75) is 177 Å². The lowest BCUT2D eigenvalue weighted by Crippen LogP contribution is -3.00. The van der Waals surface area contributed by atoms with E-state index in [0.29, 0.717) is 84.6 Å². The second kappa shape index (κ2) is 38.4. The second-order valence-electron chi connectivity index (χ2n) is 30.1. The Balaban J connectivity index is 0.000000129. The number of hydrogen-bond acceptors (Lipinski definition) is 19. The molecule has 8 aliphatic rings. The first-order valence-electron chi connectivity index (χ1n) is 38.7. The molecule has 8 saturated heterocycles. The van der Waals surface area contributed by atoms with Gasteiger partial charge in [-0.2, -0.15) is 4.31 Å². The van der Waals surface area contributed by atoms with Crippen LogP contribution in [-0.4, -0.2) is 171 Å². The molecule has 0 saturated carbocycles. The Morgan fingerprint density at radius 3 is 1.35 bits per heavy atom. The van der Waals surface area contributed by atoms with Gasteiger partial charge in [0, 0.05) is 123 Å². The van der Waals surface area contributed by atoms with E-state index in [0.717, 1.165) is 163 Å². The van der Waals surface area contributed by atoms with Gasteiger partial charge in [0.25, 0.3) is 0 Å². The van der Waals surface area contributed by atoms with E-state index in [-0.39, 0.29) is 72.7 Å². The number of rotatable bonds is 22. The van der Waals surface area contributed by atoms with E-state index in [1.807, 2.05) is 165 Å². The molecule has 4 aromatic carbocycles. The van der Waals surface area contributed by atoms with Crippen LogP contribution in [0, 0.1) is 23.7 Å². The van der Waals surface area contributed by atoms with Gasteiger partial charge >= 0.3 is 18.3 Å². The maximum atomic E-state index is 13.0. The highest BCUT2D eigenvalue weighted by molar-refractivity contribution is 7.89. The molecule has 25 nitrogen and oxygen atoms in total. The predicted molar refractivity (Wildman–Crippen MR) is 416 cm³/mol. The number of aryl methyl sites for hydroxylation is 1. The van der Waals surface area contributed by atoms with Crippen molar-refractivity contribution >= 4 is 74.3 Å². The molecule has 8 bridgehead atoms. The minimum absolute atomic E-state index is 0. The number of sulfonamides is 1. The minimum atomic E-state index is -3.22. The summed E-state index contributed by atoms with van der Waals surface area (Å²) < 4.78 is 44.6. The number of aromatic nitrogens is 9. The van der Waals surface area contributed by atoms with Crippen molar-refractivity contribution in [1.82, 2.24) is 63.9 Å². The van der Waals surface area contributed by atoms with Crippen LogP contribution in [0.15, 0.2) is 189 Å². The third kappa shape index (κ3) is 20.7. The zero-order valence-corrected chi connectivity index (χ0v) is 64.2. The largest absolute Gasteiger partial charge is 1.00 e. The summed E-state index contributed by atoms with van der Waals surface area (Å²) in [7, 11) is -3.22. The first-order valence-corrected chi connectivity index (χ1v) is 40.7. The highest BCUT2D eigenvalue weighted by Gasteiger charge is 2.49. The topological polar surface area (TPSA) is 298 Å². The van der Waals surface area contributed by atoms with E-state index in [1.54, 1.807) is 37.2 Å². The fourth-order valence-electron chi connectivity index (χ4n) is 17.8. The number of benzene rings is 4. The Labute approximate surface area is 654 Å². The van der Waals surface area contributed by atoms with Crippen molar-refractivity contribution in [3.63, 3.8) is 0 Å². The van der Waals surface area contributed by atoms with E-state index in [4.69, 9.17) is 25.8 Å². The zero-order chi connectivity index (χ0) is 74.7. The van der Waals surface area contributed by atoms with Gasteiger partial charge in [-0.05, 0) is 155 Å². The third-order valence-electron chi connectivity index (χ3n) is 22.8. The molecule has 6 N–H and O–H groups in total. The number of carbonyl (C=O) groups is 3. The third-order valence-corrected chi connectivity index (χ3v) is 25.1. The van der Waals surface area contributed by atoms with Crippen LogP contribution >= 0.6 is 11.6 Å². The quantitative estimate of drug-likeness (QED) is 0.0394. The number of piperidine rings is 4. The average Bonchev–Trinajstić information content (AvgIpc) is 1.61. The van der Waals surface area contributed by atoms with Crippen LogP contribution in [0.25, 0.3) is 11.2 Å². The van der Waals surface area contributed by atoms with Gasteiger partial charge in [-0.3, -0.25) is 4.98 Å². The Bertz CT molecular complexity index is 4430. The summed E-state index contributed by atoms with van der Waals surface area (Å²) in [6, 6.07) is 47.3. The van der Waals surface area contributed by atoms with Crippen LogP contribution in [0.2, 0.25) is 5.15 Å². The molecule has 13 heterocycles. The highest BCUT2D eigenvalue weighted by Crippen LogP contribution is 2.44. The molecule has 0 aliphatic carbocycles. The zero-order valence-electron chi connectivity index (χ0n) is 61.9. The molecule has 8 atom stereocenters. The Morgan fingerprint density at radius 2 is 0.873 bits per heavy atom. The van der Waals surface area contributed by atoms with Crippen LogP contribution in [0.3, 0.4) is 0 Å². The minimum Gasteiger partial charge on any atom is -1.00 e. The van der Waals surface area contributed by atoms with Crippen molar-refractivity contribution in [2.24, 2.45) is 23.7 Å². The number of ether oxygens (including phenoxy) is 3. The Morgan fingerprint density at radius 1 is 0.455 bits per heavy atom. The van der Waals surface area contributed by atoms with Gasteiger partial charge in [-0.1, -0.05) is 133 Å². The summed E-state index contributed by atoms with van der Waals surface area (Å²) in [5.74, 6) is 4.34. The monoisotopic (exact) mass is 1550 g/mol.